The van der Waals surface area contributed by atoms with Crippen LogP contribution >= 0.6 is 11.3 Å². The molecule has 0 spiro atoms. The van der Waals surface area contributed by atoms with Crippen molar-refractivity contribution in [2.75, 3.05) is 26.7 Å². The quantitative estimate of drug-likeness (QED) is 0.653. The van der Waals surface area contributed by atoms with E-state index in [-0.39, 0.29) is 30.3 Å². The third-order valence-electron chi connectivity index (χ3n) is 5.77. The van der Waals surface area contributed by atoms with Gasteiger partial charge in [-0.05, 0) is 53.4 Å². The van der Waals surface area contributed by atoms with Gasteiger partial charge in [0, 0.05) is 30.4 Å². The molecule has 2 amide bonds. The molecule has 9 heteroatoms. The maximum atomic E-state index is 12.8. The van der Waals surface area contributed by atoms with Gasteiger partial charge in [-0.2, -0.15) is 0 Å². The maximum absolute atomic E-state index is 12.8. The van der Waals surface area contributed by atoms with Gasteiger partial charge in [0.2, 0.25) is 5.91 Å². The van der Waals surface area contributed by atoms with Gasteiger partial charge < -0.3 is 19.3 Å². The monoisotopic (exact) mass is 451 g/mol. The standard InChI is InChI=1S/C22H33N3O5S/c1-14-16(13-18(26)25-10-6-7-17(25)20(27)29-5)23-19(31-14)15-8-11-24(12-9-15)21(28)30-22(2,3)4/h15,17H,6-13H2,1-5H3. The molecule has 1 atom stereocenters. The molecule has 2 fully saturated rings. The van der Waals surface area contributed by atoms with Gasteiger partial charge in [-0.15, -0.1) is 11.3 Å². The zero-order valence-electron chi connectivity index (χ0n) is 19.1. The number of hydrogen-bond acceptors (Lipinski definition) is 7. The van der Waals surface area contributed by atoms with Crippen molar-refractivity contribution < 1.29 is 23.9 Å². The van der Waals surface area contributed by atoms with Crippen LogP contribution < -0.4 is 0 Å². The van der Waals surface area contributed by atoms with E-state index in [0.29, 0.717) is 26.1 Å². The molecule has 2 saturated heterocycles. The Labute approximate surface area is 187 Å². The van der Waals surface area contributed by atoms with Crippen molar-refractivity contribution >= 4 is 29.3 Å². The summed E-state index contributed by atoms with van der Waals surface area (Å²) in [6.45, 7) is 9.46. The fourth-order valence-corrected chi connectivity index (χ4v) is 5.22. The molecule has 0 aliphatic carbocycles. The molecule has 0 aromatic carbocycles. The largest absolute Gasteiger partial charge is 0.467 e. The van der Waals surface area contributed by atoms with E-state index in [0.717, 1.165) is 34.8 Å². The van der Waals surface area contributed by atoms with Gasteiger partial charge >= 0.3 is 12.1 Å². The zero-order chi connectivity index (χ0) is 22.8. The molecular formula is C22H33N3O5S. The maximum Gasteiger partial charge on any atom is 0.410 e. The normalized spacial score (nSPS) is 20.1. The minimum Gasteiger partial charge on any atom is -0.467 e. The van der Waals surface area contributed by atoms with Crippen molar-refractivity contribution in [2.45, 2.75) is 77.4 Å². The van der Waals surface area contributed by atoms with Gasteiger partial charge in [-0.25, -0.2) is 14.6 Å². The van der Waals surface area contributed by atoms with E-state index >= 15 is 0 Å². The summed E-state index contributed by atoms with van der Waals surface area (Å²) in [5, 5.41) is 1.02. The first-order valence-corrected chi connectivity index (χ1v) is 11.7. The van der Waals surface area contributed by atoms with E-state index in [1.807, 2.05) is 27.7 Å². The van der Waals surface area contributed by atoms with E-state index in [9.17, 15) is 14.4 Å². The highest BCUT2D eigenvalue weighted by Crippen LogP contribution is 2.33. The number of rotatable bonds is 4. The lowest BCUT2D eigenvalue weighted by Crippen LogP contribution is -2.42. The van der Waals surface area contributed by atoms with Crippen molar-refractivity contribution in [3.05, 3.63) is 15.6 Å². The Morgan fingerprint density at radius 1 is 1.13 bits per heavy atom. The van der Waals surface area contributed by atoms with Gasteiger partial charge in [-0.1, -0.05) is 0 Å². The second-order valence-electron chi connectivity index (χ2n) is 9.24. The van der Waals surface area contributed by atoms with Crippen molar-refractivity contribution in [2.24, 2.45) is 0 Å². The Balaban J connectivity index is 1.58. The topological polar surface area (TPSA) is 89.0 Å². The molecule has 3 heterocycles. The highest BCUT2D eigenvalue weighted by molar-refractivity contribution is 7.11. The molecule has 0 saturated carbocycles. The highest BCUT2D eigenvalue weighted by Gasteiger charge is 2.35. The van der Waals surface area contributed by atoms with Crippen molar-refractivity contribution in [1.29, 1.82) is 0 Å². The van der Waals surface area contributed by atoms with Crippen LogP contribution in [0.5, 0.6) is 0 Å². The molecular weight excluding hydrogens is 418 g/mol. The van der Waals surface area contributed by atoms with Gasteiger partial charge in [0.1, 0.15) is 11.6 Å². The fraction of sp³-hybridized carbons (Fsp3) is 0.727. The van der Waals surface area contributed by atoms with Crippen LogP contribution in [0.25, 0.3) is 0 Å². The van der Waals surface area contributed by atoms with Crippen molar-refractivity contribution in [3.8, 4) is 0 Å². The number of methoxy groups -OCH3 is 1. The van der Waals surface area contributed by atoms with E-state index in [2.05, 4.69) is 0 Å². The second-order valence-corrected chi connectivity index (χ2v) is 10.5. The minimum atomic E-state index is -0.496. The van der Waals surface area contributed by atoms with Crippen LogP contribution in [0.4, 0.5) is 4.79 Å². The molecule has 2 aliphatic rings. The van der Waals surface area contributed by atoms with E-state index < -0.39 is 11.6 Å². The van der Waals surface area contributed by atoms with Gasteiger partial charge in [0.25, 0.3) is 0 Å². The Bertz CT molecular complexity index is 824. The van der Waals surface area contributed by atoms with Crippen LogP contribution in [-0.4, -0.2) is 71.1 Å². The SMILES string of the molecule is COC(=O)C1CCCN1C(=O)Cc1nc(C2CCN(C(=O)OC(C)(C)C)CC2)sc1C. The Morgan fingerprint density at radius 2 is 1.81 bits per heavy atom. The number of amides is 2. The number of aryl methyl sites for hydroxylation is 1. The molecule has 1 unspecified atom stereocenters. The number of esters is 1. The van der Waals surface area contributed by atoms with Crippen LogP contribution in [0.3, 0.4) is 0 Å². The van der Waals surface area contributed by atoms with Crippen LogP contribution in [0.15, 0.2) is 0 Å². The number of hydrogen-bond donors (Lipinski definition) is 0. The van der Waals surface area contributed by atoms with Crippen LogP contribution in [0.1, 0.15) is 68.0 Å². The third-order valence-corrected chi connectivity index (χ3v) is 6.95. The summed E-state index contributed by atoms with van der Waals surface area (Å²) in [5.41, 5.74) is 0.291. The fourth-order valence-electron chi connectivity index (χ4n) is 4.12. The molecule has 0 bridgehead atoms. The number of piperidine rings is 1. The Morgan fingerprint density at radius 3 is 2.42 bits per heavy atom. The number of carbonyl (C=O) groups excluding carboxylic acids is 3. The summed E-state index contributed by atoms with van der Waals surface area (Å²) < 4.78 is 10.3. The summed E-state index contributed by atoms with van der Waals surface area (Å²) in [5.74, 6) is -0.147. The smallest absolute Gasteiger partial charge is 0.410 e. The van der Waals surface area contributed by atoms with Gasteiger partial charge in [0.15, 0.2) is 0 Å². The summed E-state index contributed by atoms with van der Waals surface area (Å²) in [4.78, 5) is 46.3. The van der Waals surface area contributed by atoms with Crippen molar-refractivity contribution in [1.82, 2.24) is 14.8 Å². The first kappa shape index (κ1) is 23.5. The molecule has 31 heavy (non-hydrogen) atoms. The summed E-state index contributed by atoms with van der Waals surface area (Å²) >= 11 is 1.63. The van der Waals surface area contributed by atoms with Gasteiger partial charge in [0.05, 0.1) is 24.2 Å². The molecule has 1 aromatic rings. The predicted octanol–water partition coefficient (Wildman–Crippen LogP) is 3.27. The first-order valence-electron chi connectivity index (χ1n) is 10.9. The molecule has 3 rings (SSSR count). The first-order chi connectivity index (χ1) is 14.6. The molecule has 172 valence electrons. The van der Waals surface area contributed by atoms with E-state index in [4.69, 9.17) is 14.5 Å². The highest BCUT2D eigenvalue weighted by atomic mass is 32.1. The lowest BCUT2D eigenvalue weighted by atomic mass is 9.98. The lowest BCUT2D eigenvalue weighted by molar-refractivity contribution is -0.150. The van der Waals surface area contributed by atoms with E-state index in [1.54, 1.807) is 21.1 Å². The summed E-state index contributed by atoms with van der Waals surface area (Å²) in [7, 11) is 1.36. The van der Waals surface area contributed by atoms with E-state index in [1.165, 1.54) is 7.11 Å². The third kappa shape index (κ3) is 5.75. The number of thiazole rings is 1. The molecule has 2 aliphatic heterocycles. The minimum absolute atomic E-state index is 0.0763. The molecule has 0 radical (unpaired) electrons. The van der Waals surface area contributed by atoms with Gasteiger partial charge in [-0.3, -0.25) is 4.79 Å². The lowest BCUT2D eigenvalue weighted by Gasteiger charge is -2.32. The number of ether oxygens (including phenoxy) is 2. The number of nitrogens with zero attached hydrogens (tertiary/aromatic N) is 3. The van der Waals surface area contributed by atoms with Crippen LogP contribution in [0.2, 0.25) is 0 Å². The summed E-state index contributed by atoms with van der Waals surface area (Å²) in [6, 6.07) is -0.479. The number of carbonyl (C=O) groups is 3. The number of likely N-dealkylation sites (tertiary alicyclic amines) is 2. The Kier molecular flexibility index (Phi) is 7.24. The molecule has 0 N–H and O–H groups in total. The molecule has 1 aromatic heterocycles. The second kappa shape index (κ2) is 9.54. The number of aromatic nitrogens is 1. The predicted molar refractivity (Wildman–Crippen MR) is 117 cm³/mol. The summed E-state index contributed by atoms with van der Waals surface area (Å²) in [6.07, 6.45) is 3.05. The zero-order valence-corrected chi connectivity index (χ0v) is 19.9. The van der Waals surface area contributed by atoms with Crippen LogP contribution in [0, 0.1) is 6.92 Å². The Hall–Kier alpha value is -2.16. The molecule has 8 nitrogen and oxygen atoms in total. The average molecular weight is 452 g/mol. The average Bonchev–Trinajstić information content (AvgIpc) is 3.33. The van der Waals surface area contributed by atoms with Crippen LogP contribution in [-0.2, 0) is 25.5 Å². The van der Waals surface area contributed by atoms with Crippen molar-refractivity contribution in [3.63, 3.8) is 0 Å².